The van der Waals surface area contributed by atoms with Crippen LogP contribution >= 0.6 is 0 Å². The van der Waals surface area contributed by atoms with Gasteiger partial charge in [0.25, 0.3) is 0 Å². The van der Waals surface area contributed by atoms with Gasteiger partial charge in [0.15, 0.2) is 0 Å². The fourth-order valence-electron chi connectivity index (χ4n) is 5.75. The number of anilines is 1. The molecule has 2 heterocycles. The topological polar surface area (TPSA) is 116 Å². The number of aromatic hydroxyl groups is 1. The van der Waals surface area contributed by atoms with Crippen molar-refractivity contribution in [1.29, 1.82) is 0 Å². The minimum Gasteiger partial charge on any atom is -0.507 e. The molecule has 2 saturated heterocycles. The third kappa shape index (κ3) is 3.28. The summed E-state index contributed by atoms with van der Waals surface area (Å²) in [5.41, 5.74) is -0.871. The van der Waals surface area contributed by atoms with Crippen molar-refractivity contribution < 1.29 is 29.3 Å². The summed E-state index contributed by atoms with van der Waals surface area (Å²) in [6.45, 7) is 1.84. The Bertz CT molecular complexity index is 1350. The molecule has 0 bridgehead atoms. The Morgan fingerprint density at radius 3 is 2.51 bits per heavy atom. The number of rotatable bonds is 6. The van der Waals surface area contributed by atoms with E-state index in [4.69, 9.17) is 4.74 Å². The number of amides is 2. The van der Waals surface area contributed by atoms with Gasteiger partial charge in [-0.05, 0) is 23.9 Å². The molecule has 3 aromatic carbocycles. The summed E-state index contributed by atoms with van der Waals surface area (Å²) in [5, 5.41) is 25.8. The van der Waals surface area contributed by atoms with E-state index < -0.39 is 41.2 Å². The molecule has 2 fully saturated rings. The van der Waals surface area contributed by atoms with E-state index in [2.05, 4.69) is 5.32 Å². The van der Waals surface area contributed by atoms with Crippen LogP contribution < -0.4 is 15.0 Å². The van der Waals surface area contributed by atoms with Crippen LogP contribution in [0.5, 0.6) is 11.5 Å². The maximum atomic E-state index is 13.9. The average molecular weight is 475 g/mol. The Morgan fingerprint density at radius 1 is 1.09 bits per heavy atom. The van der Waals surface area contributed by atoms with Crippen LogP contribution in [0.4, 0.5) is 5.69 Å². The van der Waals surface area contributed by atoms with Crippen molar-refractivity contribution in [2.24, 2.45) is 11.8 Å². The highest BCUT2D eigenvalue weighted by Crippen LogP contribution is 2.53. The molecule has 180 valence electrons. The molecule has 2 aliphatic rings. The van der Waals surface area contributed by atoms with Crippen molar-refractivity contribution in [3.05, 3.63) is 66.2 Å². The number of aliphatic carboxylic acids is 1. The number of nitrogens with one attached hydrogen (secondary N) is 1. The third-order valence-electron chi connectivity index (χ3n) is 7.26. The number of nitrogens with zero attached hydrogens (tertiary/aromatic N) is 1. The Labute approximate surface area is 202 Å². The number of hydrogen-bond donors (Lipinski definition) is 3. The van der Waals surface area contributed by atoms with Gasteiger partial charge in [-0.25, -0.2) is 4.90 Å². The van der Waals surface area contributed by atoms with Gasteiger partial charge in [0.05, 0.1) is 24.6 Å². The molecule has 0 unspecified atom stereocenters. The number of hydrogen-bond acceptors (Lipinski definition) is 6. The molecule has 5 rings (SSSR count). The molecule has 8 nitrogen and oxygen atoms in total. The summed E-state index contributed by atoms with van der Waals surface area (Å²) in [4.78, 5) is 41.7. The van der Waals surface area contributed by atoms with E-state index in [1.54, 1.807) is 24.3 Å². The van der Waals surface area contributed by atoms with Crippen molar-refractivity contribution in [2.75, 3.05) is 12.0 Å². The highest BCUT2D eigenvalue weighted by atomic mass is 16.5. The number of methoxy groups -OCH3 is 1. The number of carbonyl (C=O) groups excluding carboxylic acids is 2. The number of carboxylic acid groups (broad SMARTS) is 1. The number of phenolic OH excluding ortho intramolecular Hbond substituents is 1. The second-order valence-electron chi connectivity index (χ2n) is 9.09. The number of phenols is 1. The molecule has 2 aliphatic heterocycles. The third-order valence-corrected chi connectivity index (χ3v) is 7.26. The molecule has 3 N–H and O–H groups in total. The lowest BCUT2D eigenvalue weighted by molar-refractivity contribution is -0.149. The Morgan fingerprint density at radius 2 is 1.83 bits per heavy atom. The predicted molar refractivity (Wildman–Crippen MR) is 129 cm³/mol. The summed E-state index contributed by atoms with van der Waals surface area (Å²) in [7, 11) is 1.47. The van der Waals surface area contributed by atoms with Crippen molar-refractivity contribution in [1.82, 2.24) is 5.32 Å². The SMILES string of the molecule is CCC[C@]1(C(=O)O)N[C@@H](c2ccc(OC)cc2O)[C@H]2C(=O)N(c3cccc4ccccc34)C(=O)[C@@H]21. The van der Waals surface area contributed by atoms with Crippen LogP contribution in [0, 0.1) is 11.8 Å². The van der Waals surface area contributed by atoms with Gasteiger partial charge in [0.1, 0.15) is 17.0 Å². The number of fused-ring (bicyclic) bond motifs is 2. The average Bonchev–Trinajstić information content (AvgIpc) is 3.33. The standard InChI is InChI=1S/C27H26N2O6/c1-3-13-27(26(33)34)22-21(23(28-27)18-12-11-16(35-2)14-20(18)30)24(31)29(25(22)32)19-10-6-8-15-7-4-5-9-17(15)19/h4-12,14,21-23,28,30H,3,13H2,1-2H3,(H,33,34)/t21-,22+,23-,27-/m0/s1. The van der Waals surface area contributed by atoms with Gasteiger partial charge >= 0.3 is 5.97 Å². The van der Waals surface area contributed by atoms with E-state index in [-0.39, 0.29) is 12.2 Å². The van der Waals surface area contributed by atoms with Gasteiger partial charge in [0, 0.05) is 23.1 Å². The Kier molecular flexibility index (Phi) is 5.48. The van der Waals surface area contributed by atoms with Gasteiger partial charge in [-0.1, -0.05) is 55.8 Å². The van der Waals surface area contributed by atoms with Crippen molar-refractivity contribution in [2.45, 2.75) is 31.3 Å². The molecule has 2 amide bonds. The number of carboxylic acids is 1. The van der Waals surface area contributed by atoms with Crippen LogP contribution in [0.2, 0.25) is 0 Å². The van der Waals surface area contributed by atoms with Crippen LogP contribution in [-0.4, -0.2) is 40.6 Å². The van der Waals surface area contributed by atoms with E-state index >= 15 is 0 Å². The monoisotopic (exact) mass is 474 g/mol. The predicted octanol–water partition coefficient (Wildman–Crippen LogP) is 3.63. The lowest BCUT2D eigenvalue weighted by atomic mass is 9.77. The van der Waals surface area contributed by atoms with Gasteiger partial charge in [-0.15, -0.1) is 0 Å². The lowest BCUT2D eigenvalue weighted by Crippen LogP contribution is -2.55. The highest BCUT2D eigenvalue weighted by Gasteiger charge is 2.68. The number of carbonyl (C=O) groups is 3. The summed E-state index contributed by atoms with van der Waals surface area (Å²) in [5.74, 6) is -4.06. The fraction of sp³-hybridized carbons (Fsp3) is 0.296. The molecule has 0 saturated carbocycles. The molecule has 8 heteroatoms. The molecular formula is C27H26N2O6. The molecule has 0 radical (unpaired) electrons. The number of imide groups is 1. The minimum atomic E-state index is -1.65. The van der Waals surface area contributed by atoms with E-state index in [1.807, 2.05) is 37.3 Å². The zero-order valence-corrected chi connectivity index (χ0v) is 19.4. The highest BCUT2D eigenvalue weighted by molar-refractivity contribution is 6.26. The van der Waals surface area contributed by atoms with Crippen LogP contribution in [0.3, 0.4) is 0 Å². The minimum absolute atomic E-state index is 0.137. The molecular weight excluding hydrogens is 448 g/mol. The molecule has 4 atom stereocenters. The molecule has 3 aromatic rings. The van der Waals surface area contributed by atoms with Gasteiger partial charge in [0.2, 0.25) is 11.8 Å². The van der Waals surface area contributed by atoms with E-state index in [1.165, 1.54) is 13.2 Å². The summed E-state index contributed by atoms with van der Waals surface area (Å²) >= 11 is 0. The Balaban J connectivity index is 1.69. The lowest BCUT2D eigenvalue weighted by Gasteiger charge is -2.31. The largest absolute Gasteiger partial charge is 0.507 e. The second kappa shape index (κ2) is 8.39. The van der Waals surface area contributed by atoms with Gasteiger partial charge in [-0.2, -0.15) is 0 Å². The van der Waals surface area contributed by atoms with Crippen LogP contribution in [0.1, 0.15) is 31.4 Å². The first-order valence-electron chi connectivity index (χ1n) is 11.6. The van der Waals surface area contributed by atoms with Crippen LogP contribution in [-0.2, 0) is 14.4 Å². The molecule has 35 heavy (non-hydrogen) atoms. The smallest absolute Gasteiger partial charge is 0.324 e. The normalized spacial score (nSPS) is 25.8. The van der Waals surface area contributed by atoms with E-state index in [0.717, 1.165) is 15.7 Å². The second-order valence-corrected chi connectivity index (χ2v) is 9.09. The fourth-order valence-corrected chi connectivity index (χ4v) is 5.75. The van der Waals surface area contributed by atoms with Crippen molar-refractivity contribution in [3.63, 3.8) is 0 Å². The molecule has 0 spiro atoms. The zero-order chi connectivity index (χ0) is 24.9. The maximum absolute atomic E-state index is 13.9. The first kappa shape index (κ1) is 22.9. The molecule has 0 aliphatic carbocycles. The summed E-state index contributed by atoms with van der Waals surface area (Å²) < 4.78 is 5.17. The van der Waals surface area contributed by atoms with Crippen molar-refractivity contribution >= 4 is 34.2 Å². The quantitative estimate of drug-likeness (QED) is 0.467. The maximum Gasteiger partial charge on any atom is 0.324 e. The number of ether oxygens (including phenoxy) is 1. The zero-order valence-electron chi connectivity index (χ0n) is 19.4. The summed E-state index contributed by atoms with van der Waals surface area (Å²) in [6, 6.07) is 16.6. The van der Waals surface area contributed by atoms with Gasteiger partial charge in [-0.3, -0.25) is 19.7 Å². The van der Waals surface area contributed by atoms with E-state index in [0.29, 0.717) is 23.4 Å². The number of benzene rings is 3. The first-order chi connectivity index (χ1) is 16.8. The first-order valence-corrected chi connectivity index (χ1v) is 11.6. The summed E-state index contributed by atoms with van der Waals surface area (Å²) in [6.07, 6.45) is 0.638. The molecule has 0 aromatic heterocycles. The Hall–Kier alpha value is -3.91. The van der Waals surface area contributed by atoms with Crippen LogP contribution in [0.15, 0.2) is 60.7 Å². The van der Waals surface area contributed by atoms with E-state index in [9.17, 15) is 24.6 Å². The van der Waals surface area contributed by atoms with Crippen LogP contribution in [0.25, 0.3) is 10.8 Å². The van der Waals surface area contributed by atoms with Crippen molar-refractivity contribution in [3.8, 4) is 11.5 Å². The van der Waals surface area contributed by atoms with Gasteiger partial charge < -0.3 is 14.9 Å².